The zero-order chi connectivity index (χ0) is 16.8. The lowest BCUT2D eigenvalue weighted by Crippen LogP contribution is -2.01. The molecule has 0 amide bonds. The third-order valence-electron chi connectivity index (χ3n) is 3.79. The first-order valence-corrected chi connectivity index (χ1v) is 8.36. The second kappa shape index (κ2) is 5.28. The van der Waals surface area contributed by atoms with Gasteiger partial charge in [-0.1, -0.05) is 23.5 Å². The molecule has 3 aromatic heterocycles. The van der Waals surface area contributed by atoms with Crippen LogP contribution >= 0.6 is 11.3 Å². The second-order valence-corrected chi connectivity index (χ2v) is 6.48. The van der Waals surface area contributed by atoms with E-state index in [0.717, 1.165) is 26.8 Å². The van der Waals surface area contributed by atoms with E-state index in [2.05, 4.69) is 30.6 Å². The summed E-state index contributed by atoms with van der Waals surface area (Å²) in [5.74, 6) is 0.700. The number of nitrogen functional groups attached to an aromatic ring is 1. The van der Waals surface area contributed by atoms with Crippen molar-refractivity contribution in [2.24, 2.45) is 0 Å². The molecular formula is C16H12N8S. The lowest BCUT2D eigenvalue weighted by molar-refractivity contribution is 0.886. The van der Waals surface area contributed by atoms with E-state index in [4.69, 9.17) is 5.73 Å². The predicted molar refractivity (Wildman–Crippen MR) is 98.3 cm³/mol. The molecule has 0 atom stereocenters. The number of nitrogens with zero attached hydrogens (tertiary/aromatic N) is 5. The monoisotopic (exact) mass is 348 g/mol. The van der Waals surface area contributed by atoms with Crippen LogP contribution in [0.5, 0.6) is 0 Å². The Morgan fingerprint density at radius 2 is 2.04 bits per heavy atom. The Labute approximate surface area is 145 Å². The Bertz CT molecular complexity index is 1170. The number of rotatable bonds is 3. The Hall–Kier alpha value is -3.46. The Balaban J connectivity index is 1.50. The molecule has 5 aromatic rings. The highest BCUT2D eigenvalue weighted by atomic mass is 32.1. The maximum absolute atomic E-state index is 6.02. The quantitative estimate of drug-likeness (QED) is 0.462. The van der Waals surface area contributed by atoms with Crippen LogP contribution in [0.1, 0.15) is 0 Å². The Morgan fingerprint density at radius 3 is 2.96 bits per heavy atom. The Kier molecular flexibility index (Phi) is 2.94. The van der Waals surface area contributed by atoms with E-state index in [0.29, 0.717) is 11.1 Å². The smallest absolute Gasteiger partial charge is 0.248 e. The van der Waals surface area contributed by atoms with Crippen molar-refractivity contribution in [3.8, 4) is 5.13 Å². The van der Waals surface area contributed by atoms with Gasteiger partial charge in [-0.25, -0.2) is 4.98 Å². The molecule has 8 nitrogen and oxygen atoms in total. The maximum atomic E-state index is 6.02. The molecule has 0 unspecified atom stereocenters. The fraction of sp³-hybridized carbons (Fsp3) is 0. The van der Waals surface area contributed by atoms with E-state index in [1.54, 1.807) is 10.9 Å². The first-order chi connectivity index (χ1) is 12.3. The van der Waals surface area contributed by atoms with E-state index in [9.17, 15) is 0 Å². The van der Waals surface area contributed by atoms with E-state index >= 15 is 0 Å². The minimum atomic E-state index is 0.283. The molecule has 4 N–H and O–H groups in total. The van der Waals surface area contributed by atoms with Gasteiger partial charge in [-0.3, -0.25) is 5.10 Å². The molecule has 0 saturated carbocycles. The number of hydrogen-bond donors (Lipinski definition) is 3. The van der Waals surface area contributed by atoms with Gasteiger partial charge in [-0.2, -0.15) is 14.8 Å². The first-order valence-electron chi connectivity index (χ1n) is 7.55. The highest BCUT2D eigenvalue weighted by Crippen LogP contribution is 2.26. The average Bonchev–Trinajstić information content (AvgIpc) is 3.31. The fourth-order valence-corrected chi connectivity index (χ4v) is 3.54. The third-order valence-corrected chi connectivity index (χ3v) is 4.80. The second-order valence-electron chi connectivity index (χ2n) is 5.47. The first kappa shape index (κ1) is 13.9. The maximum Gasteiger partial charge on any atom is 0.248 e. The number of aromatic nitrogens is 6. The van der Waals surface area contributed by atoms with Gasteiger partial charge in [0.2, 0.25) is 17.0 Å². The van der Waals surface area contributed by atoms with Crippen molar-refractivity contribution in [1.82, 2.24) is 29.9 Å². The zero-order valence-corrected chi connectivity index (χ0v) is 13.7. The minimum absolute atomic E-state index is 0.283. The number of thiazole rings is 1. The van der Waals surface area contributed by atoms with Crippen LogP contribution in [0.2, 0.25) is 0 Å². The molecule has 3 heterocycles. The SMILES string of the molecule is Nc1nc(Nc2ccc3[nH]ncc3c2)nn1-c1nc2ccccc2s1. The summed E-state index contributed by atoms with van der Waals surface area (Å²) in [5.41, 5.74) is 8.77. The molecule has 0 fully saturated rings. The molecule has 0 aliphatic rings. The van der Waals surface area contributed by atoms with Crippen LogP contribution in [0.15, 0.2) is 48.7 Å². The van der Waals surface area contributed by atoms with Crippen LogP contribution in [-0.2, 0) is 0 Å². The lowest BCUT2D eigenvalue weighted by atomic mass is 10.2. The van der Waals surface area contributed by atoms with Crippen molar-refractivity contribution in [3.63, 3.8) is 0 Å². The molecule has 0 spiro atoms. The summed E-state index contributed by atoms with van der Waals surface area (Å²) in [6, 6.07) is 13.7. The minimum Gasteiger partial charge on any atom is -0.368 e. The molecule has 122 valence electrons. The molecular weight excluding hydrogens is 336 g/mol. The van der Waals surface area contributed by atoms with Crippen molar-refractivity contribution in [3.05, 3.63) is 48.7 Å². The lowest BCUT2D eigenvalue weighted by Gasteiger charge is -2.01. The number of nitrogens with two attached hydrogens (primary N) is 1. The molecule has 2 aromatic carbocycles. The number of benzene rings is 2. The number of para-hydroxylation sites is 1. The standard InChI is InChI=1S/C16H12N8S/c17-14-21-15(19-10-5-6-11-9(7-10)8-18-22-11)23-24(14)16-20-12-3-1-2-4-13(12)25-16/h1-8H,(H,18,22)(H3,17,19,21,23). The van der Waals surface area contributed by atoms with Gasteiger partial charge >= 0.3 is 0 Å². The van der Waals surface area contributed by atoms with Crippen molar-refractivity contribution < 1.29 is 0 Å². The van der Waals surface area contributed by atoms with Crippen molar-refractivity contribution in [2.75, 3.05) is 11.1 Å². The average molecular weight is 348 g/mol. The van der Waals surface area contributed by atoms with Crippen LogP contribution in [0.25, 0.3) is 26.3 Å². The summed E-state index contributed by atoms with van der Waals surface area (Å²) in [5, 5.41) is 16.2. The van der Waals surface area contributed by atoms with E-state index in [1.165, 1.54) is 11.3 Å². The highest BCUT2D eigenvalue weighted by Gasteiger charge is 2.13. The summed E-state index contributed by atoms with van der Waals surface area (Å²) in [6.07, 6.45) is 1.77. The molecule has 5 rings (SSSR count). The van der Waals surface area contributed by atoms with Crippen LogP contribution in [0.3, 0.4) is 0 Å². The summed E-state index contributed by atoms with van der Waals surface area (Å²) >= 11 is 1.52. The Morgan fingerprint density at radius 1 is 1.12 bits per heavy atom. The van der Waals surface area contributed by atoms with E-state index in [-0.39, 0.29) is 5.95 Å². The molecule has 9 heteroatoms. The van der Waals surface area contributed by atoms with Gasteiger partial charge in [0.25, 0.3) is 0 Å². The van der Waals surface area contributed by atoms with Gasteiger partial charge in [0.15, 0.2) is 0 Å². The molecule has 0 bridgehead atoms. The zero-order valence-electron chi connectivity index (χ0n) is 12.8. The van der Waals surface area contributed by atoms with Gasteiger partial charge in [-0.05, 0) is 30.3 Å². The van der Waals surface area contributed by atoms with Crippen LogP contribution in [0, 0.1) is 0 Å². The van der Waals surface area contributed by atoms with Crippen molar-refractivity contribution in [1.29, 1.82) is 0 Å². The molecule has 0 aliphatic carbocycles. The highest BCUT2D eigenvalue weighted by molar-refractivity contribution is 7.20. The van der Waals surface area contributed by atoms with E-state index in [1.807, 2.05) is 42.5 Å². The summed E-state index contributed by atoms with van der Waals surface area (Å²) < 4.78 is 2.62. The number of fused-ring (bicyclic) bond motifs is 2. The van der Waals surface area contributed by atoms with Crippen LogP contribution in [0.4, 0.5) is 17.6 Å². The van der Waals surface area contributed by atoms with Gasteiger partial charge < -0.3 is 11.1 Å². The van der Waals surface area contributed by atoms with Gasteiger partial charge in [0.1, 0.15) is 0 Å². The number of hydrogen-bond acceptors (Lipinski definition) is 7. The molecule has 0 aliphatic heterocycles. The number of aromatic amines is 1. The summed E-state index contributed by atoms with van der Waals surface area (Å²) in [6.45, 7) is 0. The third kappa shape index (κ3) is 2.37. The molecule has 0 radical (unpaired) electrons. The van der Waals surface area contributed by atoms with Crippen LogP contribution < -0.4 is 11.1 Å². The van der Waals surface area contributed by atoms with Crippen LogP contribution in [-0.4, -0.2) is 29.9 Å². The topological polar surface area (TPSA) is 110 Å². The largest absolute Gasteiger partial charge is 0.368 e. The van der Waals surface area contributed by atoms with Crippen molar-refractivity contribution >= 4 is 50.0 Å². The van der Waals surface area contributed by atoms with E-state index < -0.39 is 0 Å². The number of H-pyrrole nitrogens is 1. The number of nitrogens with one attached hydrogen (secondary N) is 2. The summed E-state index contributed by atoms with van der Waals surface area (Å²) in [4.78, 5) is 8.84. The normalized spacial score (nSPS) is 11.4. The molecule has 25 heavy (non-hydrogen) atoms. The molecule has 0 saturated heterocycles. The summed E-state index contributed by atoms with van der Waals surface area (Å²) in [7, 11) is 0. The van der Waals surface area contributed by atoms with Gasteiger partial charge in [-0.15, -0.1) is 5.10 Å². The van der Waals surface area contributed by atoms with Gasteiger partial charge in [0, 0.05) is 11.1 Å². The van der Waals surface area contributed by atoms with Crippen molar-refractivity contribution in [2.45, 2.75) is 0 Å². The van der Waals surface area contributed by atoms with Gasteiger partial charge in [0.05, 0.1) is 21.9 Å². The fourth-order valence-electron chi connectivity index (χ4n) is 2.62. The number of anilines is 3. The predicted octanol–water partition coefficient (Wildman–Crippen LogP) is 3.08.